The van der Waals surface area contributed by atoms with E-state index in [0.29, 0.717) is 17.8 Å². The molecule has 0 unspecified atom stereocenters. The van der Waals surface area contributed by atoms with E-state index in [1.807, 2.05) is 0 Å². The van der Waals surface area contributed by atoms with Crippen molar-refractivity contribution in [2.24, 2.45) is 0 Å². The van der Waals surface area contributed by atoms with Crippen LogP contribution in [0.3, 0.4) is 0 Å². The maximum Gasteiger partial charge on any atom is 0.310 e. The fourth-order valence-electron chi connectivity index (χ4n) is 1.64. The number of hydrogen-bond donors (Lipinski definition) is 1. The summed E-state index contributed by atoms with van der Waals surface area (Å²) >= 11 is 0. The molecule has 1 aromatic carbocycles. The molecular weight excluding hydrogens is 208 g/mol. The number of esters is 1. The third-order valence-corrected chi connectivity index (χ3v) is 2.25. The van der Waals surface area contributed by atoms with E-state index >= 15 is 0 Å². The fraction of sp³-hybridized carbons (Fsp3) is 0.250. The first-order chi connectivity index (χ1) is 7.70. The standard InChI is InChI=1S/C12H12O4/c1-2-15-11(14)7-9-6-10(13)5-8-3-4-16-12(8)9/h3-6,13H,2,7H2,1H3. The molecule has 0 aliphatic rings. The number of phenols is 1. The third kappa shape index (κ3) is 2.00. The largest absolute Gasteiger partial charge is 0.508 e. The van der Waals surface area contributed by atoms with Crippen molar-refractivity contribution in [1.82, 2.24) is 0 Å². The zero-order chi connectivity index (χ0) is 11.5. The zero-order valence-corrected chi connectivity index (χ0v) is 8.90. The van der Waals surface area contributed by atoms with E-state index in [4.69, 9.17) is 9.15 Å². The van der Waals surface area contributed by atoms with Crippen LogP contribution in [0.1, 0.15) is 12.5 Å². The Balaban J connectivity index is 2.35. The highest BCUT2D eigenvalue weighted by molar-refractivity contribution is 5.86. The molecular formula is C12H12O4. The number of hydrogen-bond acceptors (Lipinski definition) is 4. The van der Waals surface area contributed by atoms with Crippen LogP contribution >= 0.6 is 0 Å². The molecule has 0 aliphatic carbocycles. The van der Waals surface area contributed by atoms with Gasteiger partial charge in [-0.2, -0.15) is 0 Å². The number of aromatic hydroxyl groups is 1. The molecule has 0 spiro atoms. The lowest BCUT2D eigenvalue weighted by atomic mass is 10.1. The van der Waals surface area contributed by atoms with Gasteiger partial charge in [0.1, 0.15) is 11.3 Å². The molecule has 1 aromatic heterocycles. The first-order valence-corrected chi connectivity index (χ1v) is 5.05. The predicted molar refractivity (Wildman–Crippen MR) is 58.2 cm³/mol. The SMILES string of the molecule is CCOC(=O)Cc1cc(O)cc2ccoc12. The lowest BCUT2D eigenvalue weighted by Crippen LogP contribution is -2.07. The molecule has 84 valence electrons. The monoisotopic (exact) mass is 220 g/mol. The molecule has 16 heavy (non-hydrogen) atoms. The highest BCUT2D eigenvalue weighted by Gasteiger charge is 2.11. The molecule has 0 amide bonds. The second-order valence-electron chi connectivity index (χ2n) is 3.43. The summed E-state index contributed by atoms with van der Waals surface area (Å²) in [6.45, 7) is 2.10. The third-order valence-electron chi connectivity index (χ3n) is 2.25. The second-order valence-corrected chi connectivity index (χ2v) is 3.43. The Morgan fingerprint density at radius 1 is 1.50 bits per heavy atom. The number of carbonyl (C=O) groups excluding carboxylic acids is 1. The predicted octanol–water partition coefficient (Wildman–Crippen LogP) is 2.24. The van der Waals surface area contributed by atoms with Gasteiger partial charge in [-0.05, 0) is 25.1 Å². The fourth-order valence-corrected chi connectivity index (χ4v) is 1.64. The van der Waals surface area contributed by atoms with Crippen LogP contribution in [0.2, 0.25) is 0 Å². The molecule has 4 heteroatoms. The number of ether oxygens (including phenoxy) is 1. The number of carbonyl (C=O) groups is 1. The minimum atomic E-state index is -0.328. The van der Waals surface area contributed by atoms with E-state index < -0.39 is 0 Å². The van der Waals surface area contributed by atoms with E-state index in [0.717, 1.165) is 5.39 Å². The number of rotatable bonds is 3. The Hall–Kier alpha value is -1.97. The van der Waals surface area contributed by atoms with Gasteiger partial charge in [0.2, 0.25) is 0 Å². The zero-order valence-electron chi connectivity index (χ0n) is 8.90. The molecule has 0 saturated heterocycles. The van der Waals surface area contributed by atoms with Gasteiger partial charge in [-0.3, -0.25) is 4.79 Å². The van der Waals surface area contributed by atoms with Crippen molar-refractivity contribution in [1.29, 1.82) is 0 Å². The van der Waals surface area contributed by atoms with Crippen molar-refractivity contribution in [2.45, 2.75) is 13.3 Å². The first kappa shape index (κ1) is 10.5. The summed E-state index contributed by atoms with van der Waals surface area (Å²) in [5.41, 5.74) is 1.25. The normalized spacial score (nSPS) is 10.6. The van der Waals surface area contributed by atoms with E-state index in [1.54, 1.807) is 19.1 Å². The average molecular weight is 220 g/mol. The van der Waals surface area contributed by atoms with Crippen molar-refractivity contribution in [3.05, 3.63) is 30.0 Å². The van der Waals surface area contributed by atoms with Crippen molar-refractivity contribution in [3.63, 3.8) is 0 Å². The second kappa shape index (κ2) is 4.26. The van der Waals surface area contributed by atoms with E-state index in [1.165, 1.54) is 12.3 Å². The quantitative estimate of drug-likeness (QED) is 0.806. The van der Waals surface area contributed by atoms with Crippen LogP contribution in [0.5, 0.6) is 5.75 Å². The molecule has 4 nitrogen and oxygen atoms in total. The molecule has 1 heterocycles. The van der Waals surface area contributed by atoms with Crippen molar-refractivity contribution >= 4 is 16.9 Å². The Kier molecular flexibility index (Phi) is 2.81. The molecule has 2 rings (SSSR count). The van der Waals surface area contributed by atoms with Crippen molar-refractivity contribution < 1.29 is 19.1 Å². The van der Waals surface area contributed by atoms with Crippen molar-refractivity contribution in [2.75, 3.05) is 6.61 Å². The van der Waals surface area contributed by atoms with Crippen LogP contribution < -0.4 is 0 Å². The Morgan fingerprint density at radius 2 is 2.31 bits per heavy atom. The summed E-state index contributed by atoms with van der Waals surface area (Å²) in [5, 5.41) is 10.3. The van der Waals surface area contributed by atoms with Gasteiger partial charge in [-0.15, -0.1) is 0 Å². The first-order valence-electron chi connectivity index (χ1n) is 5.05. The van der Waals surface area contributed by atoms with Crippen LogP contribution in [-0.2, 0) is 16.0 Å². The van der Waals surface area contributed by atoms with Gasteiger partial charge < -0.3 is 14.3 Å². The highest BCUT2D eigenvalue weighted by atomic mass is 16.5. The minimum absolute atomic E-state index is 0.103. The van der Waals surface area contributed by atoms with Gasteiger partial charge in [0.25, 0.3) is 0 Å². The Labute approximate surface area is 92.4 Å². The average Bonchev–Trinajstić information content (AvgIpc) is 2.65. The highest BCUT2D eigenvalue weighted by Crippen LogP contribution is 2.26. The van der Waals surface area contributed by atoms with Gasteiger partial charge in [-0.25, -0.2) is 0 Å². The van der Waals surface area contributed by atoms with Gasteiger partial charge in [-0.1, -0.05) is 0 Å². The number of phenolic OH excluding ortho intramolecular Hbond substituents is 1. The molecule has 0 bridgehead atoms. The van der Waals surface area contributed by atoms with E-state index in [9.17, 15) is 9.90 Å². The van der Waals surface area contributed by atoms with Crippen LogP contribution in [-0.4, -0.2) is 17.7 Å². The summed E-state index contributed by atoms with van der Waals surface area (Å²) in [7, 11) is 0. The van der Waals surface area contributed by atoms with Gasteiger partial charge in [0.05, 0.1) is 19.3 Å². The van der Waals surface area contributed by atoms with Gasteiger partial charge >= 0.3 is 5.97 Å². The molecule has 0 saturated carbocycles. The number of benzene rings is 1. The Morgan fingerprint density at radius 3 is 3.06 bits per heavy atom. The lowest BCUT2D eigenvalue weighted by Gasteiger charge is -2.03. The summed E-state index contributed by atoms with van der Waals surface area (Å²) in [6.07, 6.45) is 1.63. The smallest absolute Gasteiger partial charge is 0.310 e. The molecule has 0 atom stereocenters. The van der Waals surface area contributed by atoms with Gasteiger partial charge in [0, 0.05) is 10.9 Å². The summed E-state index contributed by atoms with van der Waals surface area (Å²) < 4.78 is 10.1. The maximum atomic E-state index is 11.3. The van der Waals surface area contributed by atoms with E-state index in [2.05, 4.69) is 0 Å². The maximum absolute atomic E-state index is 11.3. The summed E-state index contributed by atoms with van der Waals surface area (Å²) in [5.74, 6) is -0.209. The van der Waals surface area contributed by atoms with Gasteiger partial charge in [0.15, 0.2) is 0 Å². The van der Waals surface area contributed by atoms with Crippen LogP contribution in [0.4, 0.5) is 0 Å². The number of fused-ring (bicyclic) bond motifs is 1. The molecule has 0 aliphatic heterocycles. The topological polar surface area (TPSA) is 59.7 Å². The lowest BCUT2D eigenvalue weighted by molar-refractivity contribution is -0.142. The van der Waals surface area contributed by atoms with Crippen LogP contribution in [0, 0.1) is 0 Å². The molecule has 0 fully saturated rings. The number of furan rings is 1. The molecule has 1 N–H and O–H groups in total. The van der Waals surface area contributed by atoms with E-state index in [-0.39, 0.29) is 18.1 Å². The van der Waals surface area contributed by atoms with Crippen LogP contribution in [0.25, 0.3) is 11.0 Å². The van der Waals surface area contributed by atoms with Crippen LogP contribution in [0.15, 0.2) is 28.9 Å². The molecule has 2 aromatic rings. The summed E-state index contributed by atoms with van der Waals surface area (Å²) in [6, 6.07) is 4.85. The Bertz CT molecular complexity index is 513. The van der Waals surface area contributed by atoms with Crippen molar-refractivity contribution in [3.8, 4) is 5.75 Å². The molecule has 0 radical (unpaired) electrons. The minimum Gasteiger partial charge on any atom is -0.508 e. The summed E-state index contributed by atoms with van der Waals surface area (Å²) in [4.78, 5) is 11.3.